The molecule has 5 heterocycles. The fraction of sp³-hybridized carbons (Fsp3) is 0.610. The number of nitrogens with one attached hydrogen (secondary N) is 2. The van der Waals surface area contributed by atoms with Gasteiger partial charge in [0.15, 0.2) is 5.78 Å². The first-order valence-corrected chi connectivity index (χ1v) is 18.9. The van der Waals surface area contributed by atoms with Crippen molar-refractivity contribution in [2.75, 3.05) is 6.61 Å². The molecule has 8 nitrogen and oxygen atoms in total. The number of aromatic amines is 2. The van der Waals surface area contributed by atoms with Crippen molar-refractivity contribution in [3.05, 3.63) is 62.0 Å². The number of nitrogens with zero attached hydrogens (tertiary/aromatic N) is 2. The average molecular weight is 669 g/mol. The van der Waals surface area contributed by atoms with Crippen molar-refractivity contribution in [2.24, 2.45) is 27.7 Å². The van der Waals surface area contributed by atoms with Gasteiger partial charge in [-0.05, 0) is 69.2 Å². The van der Waals surface area contributed by atoms with Gasteiger partial charge in [-0.25, -0.2) is 0 Å². The molecule has 0 saturated heterocycles. The lowest BCUT2D eigenvalue weighted by Crippen LogP contribution is -2.23. The number of rotatable bonds is 13. The highest BCUT2D eigenvalue weighted by Crippen LogP contribution is 2.46. The molecular weight excluding hydrogens is 612 g/mol. The molecule has 2 aromatic rings. The lowest BCUT2D eigenvalue weighted by atomic mass is 9.81. The summed E-state index contributed by atoms with van der Waals surface area (Å²) >= 11 is 0. The Kier molecular flexibility index (Phi) is 10.6. The first-order valence-electron chi connectivity index (χ1n) is 18.9. The molecule has 49 heavy (non-hydrogen) atoms. The molecule has 5 atom stereocenters. The molecule has 0 aromatic carbocycles. The maximum absolute atomic E-state index is 13.6. The monoisotopic (exact) mass is 668 g/mol. The highest BCUT2D eigenvalue weighted by Gasteiger charge is 2.44. The maximum atomic E-state index is 13.6. The van der Waals surface area contributed by atoms with E-state index in [-0.39, 0.29) is 42.0 Å². The van der Waals surface area contributed by atoms with E-state index in [2.05, 4.69) is 64.5 Å². The van der Waals surface area contributed by atoms with Gasteiger partial charge in [0.05, 0.1) is 6.10 Å². The Bertz CT molecular complexity index is 1730. The topological polar surface area (TPSA) is 120 Å². The molecule has 8 bridgehead atoms. The van der Waals surface area contributed by atoms with Crippen LogP contribution in [-0.2, 0) is 22.4 Å². The highest BCUT2D eigenvalue weighted by molar-refractivity contribution is 6.11. The number of hydrogen-bond acceptors (Lipinski definition) is 5. The standard InChI is InChI=1S/C41H56N4O4/c1-8-11-12-13-17-49-36(14-9-2)38-24(6)31-19-30-23(5)27(15-16-37(47)48)40(44-30)28-18-35(46)39-25(7)32(45-41(28)39)20-33-26(10-3)22(4)29(42-33)21-34(38)43-31/h19,23,26-28,36,43,45H,8-18,20-21H2,1-7H3,(H,47,48)/t23?,26?,27-,28?,36?/m0/s1. The van der Waals surface area contributed by atoms with Crippen LogP contribution in [-0.4, -0.2) is 44.9 Å². The zero-order chi connectivity index (χ0) is 35.0. The van der Waals surface area contributed by atoms with E-state index in [4.69, 9.17) is 14.7 Å². The zero-order valence-corrected chi connectivity index (χ0v) is 30.7. The van der Waals surface area contributed by atoms with Gasteiger partial charge in [-0.1, -0.05) is 53.4 Å². The summed E-state index contributed by atoms with van der Waals surface area (Å²) in [6, 6.07) is 0. The number of aromatic nitrogens is 2. The minimum Gasteiger partial charge on any atom is -0.481 e. The molecular formula is C41H56N4O4. The van der Waals surface area contributed by atoms with Crippen LogP contribution in [0.1, 0.15) is 161 Å². The molecule has 0 spiro atoms. The van der Waals surface area contributed by atoms with E-state index in [9.17, 15) is 14.7 Å². The predicted molar refractivity (Wildman–Crippen MR) is 197 cm³/mol. The third-order valence-electron chi connectivity index (χ3n) is 11.8. The van der Waals surface area contributed by atoms with Gasteiger partial charge < -0.3 is 19.8 Å². The van der Waals surface area contributed by atoms with Gasteiger partial charge in [0.2, 0.25) is 0 Å². The van der Waals surface area contributed by atoms with E-state index in [0.717, 1.165) is 83.3 Å². The van der Waals surface area contributed by atoms with Crippen molar-refractivity contribution in [3.8, 4) is 0 Å². The Balaban J connectivity index is 1.51. The number of carbonyl (C=O) groups is 2. The molecule has 0 radical (unpaired) electrons. The summed E-state index contributed by atoms with van der Waals surface area (Å²) < 4.78 is 6.71. The molecule has 0 fully saturated rings. The highest BCUT2D eigenvalue weighted by atomic mass is 16.5. The predicted octanol–water partition coefficient (Wildman–Crippen LogP) is 9.53. The summed E-state index contributed by atoms with van der Waals surface area (Å²) in [5.41, 5.74) is 14.0. The van der Waals surface area contributed by atoms with Crippen LogP contribution in [0.5, 0.6) is 0 Å². The molecule has 8 heteroatoms. The van der Waals surface area contributed by atoms with Crippen molar-refractivity contribution >= 4 is 29.3 Å². The van der Waals surface area contributed by atoms with Gasteiger partial charge >= 0.3 is 5.97 Å². The van der Waals surface area contributed by atoms with E-state index in [1.807, 2.05) is 0 Å². The second-order valence-corrected chi connectivity index (χ2v) is 14.9. The third-order valence-corrected chi connectivity index (χ3v) is 11.8. The number of allylic oxidation sites excluding steroid dienone is 3. The Labute approximate surface area is 292 Å². The Morgan fingerprint density at radius 1 is 1.02 bits per heavy atom. The van der Waals surface area contributed by atoms with Crippen LogP contribution < -0.4 is 0 Å². The van der Waals surface area contributed by atoms with Crippen LogP contribution >= 0.6 is 0 Å². The maximum Gasteiger partial charge on any atom is 0.303 e. The van der Waals surface area contributed by atoms with Crippen LogP contribution in [0.15, 0.2) is 27.0 Å². The van der Waals surface area contributed by atoms with Crippen molar-refractivity contribution < 1.29 is 19.4 Å². The zero-order valence-electron chi connectivity index (χ0n) is 30.7. The van der Waals surface area contributed by atoms with E-state index in [0.29, 0.717) is 25.7 Å². The number of hydrogen-bond donors (Lipinski definition) is 3. The van der Waals surface area contributed by atoms with Crippen molar-refractivity contribution in [3.63, 3.8) is 0 Å². The molecule has 3 N–H and O–H groups in total. The molecule has 0 saturated carbocycles. The van der Waals surface area contributed by atoms with Gasteiger partial charge in [0.1, 0.15) is 0 Å². The number of fused-ring (bicyclic) bond motifs is 6. The Hall–Kier alpha value is -3.52. The van der Waals surface area contributed by atoms with Gasteiger partial charge in [-0.3, -0.25) is 19.6 Å². The minimum absolute atomic E-state index is 0.00850. The van der Waals surface area contributed by atoms with Crippen molar-refractivity contribution in [2.45, 2.75) is 138 Å². The lowest BCUT2D eigenvalue weighted by molar-refractivity contribution is -0.137. The SMILES string of the molecule is CCCCCCOC(CCC)c1c2[nH]c(c1C)C=C1N=C(C3CC(=O)c4c3[nH]c(c4C)CC3=NC(=C(C)C3CC)C2)[C@@H](CCC(=O)O)C1C. The number of ketones is 1. The number of carboxylic acid groups (broad SMARTS) is 1. The smallest absolute Gasteiger partial charge is 0.303 e. The largest absolute Gasteiger partial charge is 0.481 e. The van der Waals surface area contributed by atoms with E-state index < -0.39 is 5.97 Å². The average Bonchev–Trinajstić information content (AvgIpc) is 3.82. The summed E-state index contributed by atoms with van der Waals surface area (Å²) in [5.74, 6) is -0.608. The van der Waals surface area contributed by atoms with E-state index in [1.54, 1.807) is 0 Å². The van der Waals surface area contributed by atoms with E-state index in [1.165, 1.54) is 41.7 Å². The first kappa shape index (κ1) is 35.3. The number of ether oxygens (including phenoxy) is 1. The molecule has 2 aromatic heterocycles. The van der Waals surface area contributed by atoms with Gasteiger partial charge in [-0.2, -0.15) is 0 Å². The molecule has 0 amide bonds. The lowest BCUT2D eigenvalue weighted by Gasteiger charge is -2.21. The number of carboxylic acids is 1. The van der Waals surface area contributed by atoms with Crippen molar-refractivity contribution in [1.82, 2.24) is 9.97 Å². The van der Waals surface area contributed by atoms with Crippen LogP contribution in [0.4, 0.5) is 0 Å². The van der Waals surface area contributed by atoms with Gasteiger partial charge in [0, 0.05) is 113 Å². The summed E-state index contributed by atoms with van der Waals surface area (Å²) in [5, 5.41) is 9.68. The fourth-order valence-electron chi connectivity index (χ4n) is 9.00. The second kappa shape index (κ2) is 14.8. The number of H-pyrrole nitrogens is 2. The minimum atomic E-state index is -0.805. The third kappa shape index (κ3) is 6.70. The van der Waals surface area contributed by atoms with E-state index >= 15 is 0 Å². The Morgan fingerprint density at radius 2 is 1.82 bits per heavy atom. The summed E-state index contributed by atoms with van der Waals surface area (Å²) in [7, 11) is 0. The number of Topliss-reactive ketones (excluding diaryl/α,β-unsaturated/α-hetero) is 1. The molecule has 4 unspecified atom stereocenters. The first-order chi connectivity index (χ1) is 23.6. The van der Waals surface area contributed by atoms with Crippen LogP contribution in [0, 0.1) is 31.6 Å². The number of aliphatic carboxylic acids is 1. The molecule has 4 aliphatic rings. The summed E-state index contributed by atoms with van der Waals surface area (Å²) in [6.07, 6.45) is 12.1. The molecule has 3 aliphatic heterocycles. The van der Waals surface area contributed by atoms with Gasteiger partial charge in [-0.15, -0.1) is 0 Å². The molecule has 264 valence electrons. The Morgan fingerprint density at radius 3 is 2.53 bits per heavy atom. The quantitative estimate of drug-likeness (QED) is 0.184. The number of carbonyl (C=O) groups excluding carboxylic acids is 1. The normalized spacial score (nSPS) is 23.7. The van der Waals surface area contributed by atoms with Crippen LogP contribution in [0.25, 0.3) is 6.08 Å². The van der Waals surface area contributed by atoms with Crippen molar-refractivity contribution in [1.29, 1.82) is 0 Å². The van der Waals surface area contributed by atoms with Crippen LogP contribution in [0.3, 0.4) is 0 Å². The second-order valence-electron chi connectivity index (χ2n) is 14.9. The van der Waals surface area contributed by atoms with Crippen LogP contribution in [0.2, 0.25) is 0 Å². The number of aliphatic imine (C=N–C) groups is 2. The van der Waals surface area contributed by atoms with Gasteiger partial charge in [0.25, 0.3) is 0 Å². The summed E-state index contributed by atoms with van der Waals surface area (Å²) in [6.45, 7) is 16.1. The number of unbranched alkanes of at least 4 members (excludes halogenated alkanes) is 3. The fourth-order valence-corrected chi connectivity index (χ4v) is 9.00. The summed E-state index contributed by atoms with van der Waals surface area (Å²) in [4.78, 5) is 43.7. The molecule has 6 rings (SSSR count). The molecule has 1 aliphatic carbocycles.